The van der Waals surface area contributed by atoms with Crippen molar-refractivity contribution in [3.63, 3.8) is 0 Å². The Bertz CT molecular complexity index is 1380. The average Bonchev–Trinajstić information content (AvgIpc) is 2.96. The highest BCUT2D eigenvalue weighted by molar-refractivity contribution is 6.01. The Labute approximate surface area is 226 Å². The van der Waals surface area contributed by atoms with Gasteiger partial charge in [-0.2, -0.15) is 0 Å². The van der Waals surface area contributed by atoms with E-state index in [0.717, 1.165) is 0 Å². The lowest BCUT2D eigenvalue weighted by atomic mass is 10.2. The van der Waals surface area contributed by atoms with Crippen molar-refractivity contribution in [2.45, 2.75) is 6.42 Å². The monoisotopic (exact) mass is 528 g/mol. The second kappa shape index (κ2) is 13.5. The van der Waals surface area contributed by atoms with Crippen LogP contribution in [-0.4, -0.2) is 32.3 Å². The number of carbonyl (C=O) groups excluding carboxylic acids is 2. The second-order valence-corrected chi connectivity index (χ2v) is 8.41. The van der Waals surface area contributed by atoms with Crippen LogP contribution in [0.3, 0.4) is 0 Å². The van der Waals surface area contributed by atoms with Crippen molar-refractivity contribution in [2.75, 3.05) is 35.7 Å². The van der Waals surface area contributed by atoms with Crippen molar-refractivity contribution in [1.82, 2.24) is 5.32 Å². The van der Waals surface area contributed by atoms with E-state index in [2.05, 4.69) is 16.0 Å². The third-order valence-corrected chi connectivity index (χ3v) is 5.69. The van der Waals surface area contributed by atoms with E-state index in [1.54, 1.807) is 54.6 Å². The molecule has 0 fully saturated rings. The Morgan fingerprint density at radius 3 is 2.13 bits per heavy atom. The summed E-state index contributed by atoms with van der Waals surface area (Å²) < 4.78 is 25.3. The van der Waals surface area contributed by atoms with Crippen molar-refractivity contribution in [1.29, 1.82) is 0 Å². The summed E-state index contributed by atoms with van der Waals surface area (Å²) in [5, 5.41) is 8.15. The van der Waals surface area contributed by atoms with Crippen LogP contribution in [0, 0.1) is 5.82 Å². The molecule has 200 valence electrons. The van der Waals surface area contributed by atoms with Crippen LogP contribution < -0.4 is 30.3 Å². The number of anilines is 3. The molecule has 0 spiro atoms. The van der Waals surface area contributed by atoms with E-state index >= 15 is 0 Å². The first kappa shape index (κ1) is 27.0. The van der Waals surface area contributed by atoms with Gasteiger partial charge in [-0.1, -0.05) is 42.5 Å². The molecule has 0 unspecified atom stereocenters. The molecule has 0 saturated carbocycles. The molecule has 8 nitrogen and oxygen atoms in total. The highest BCUT2D eigenvalue weighted by Crippen LogP contribution is 2.26. The summed E-state index contributed by atoms with van der Waals surface area (Å²) in [6, 6.07) is 28.5. The maximum Gasteiger partial charge on any atom is 0.326 e. The van der Waals surface area contributed by atoms with Gasteiger partial charge in [-0.3, -0.25) is 4.90 Å². The molecule has 3 N–H and O–H groups in total. The van der Waals surface area contributed by atoms with Gasteiger partial charge in [-0.15, -0.1) is 0 Å². The van der Waals surface area contributed by atoms with Gasteiger partial charge in [0.15, 0.2) is 0 Å². The van der Waals surface area contributed by atoms with Crippen LogP contribution in [0.5, 0.6) is 17.2 Å². The Morgan fingerprint density at radius 1 is 0.769 bits per heavy atom. The number of rotatable bonds is 10. The van der Waals surface area contributed by atoms with Crippen LogP contribution in [0.15, 0.2) is 103 Å². The van der Waals surface area contributed by atoms with E-state index in [4.69, 9.17) is 9.47 Å². The molecule has 0 aliphatic rings. The normalized spacial score (nSPS) is 10.3. The number of halogens is 1. The van der Waals surface area contributed by atoms with Gasteiger partial charge in [0.05, 0.1) is 18.5 Å². The van der Waals surface area contributed by atoms with Crippen LogP contribution in [0.25, 0.3) is 0 Å². The highest BCUT2D eigenvalue weighted by Gasteiger charge is 2.18. The predicted molar refractivity (Wildman–Crippen MR) is 150 cm³/mol. The maximum absolute atomic E-state index is 14.2. The van der Waals surface area contributed by atoms with Crippen LogP contribution in [0.1, 0.15) is 6.42 Å². The lowest BCUT2D eigenvalue weighted by molar-refractivity contribution is 0.252. The summed E-state index contributed by atoms with van der Waals surface area (Å²) in [6.45, 7) is 0.549. The zero-order valence-corrected chi connectivity index (χ0v) is 21.4. The molecule has 39 heavy (non-hydrogen) atoms. The quantitative estimate of drug-likeness (QED) is 0.196. The van der Waals surface area contributed by atoms with Crippen LogP contribution in [0.2, 0.25) is 0 Å². The van der Waals surface area contributed by atoms with E-state index in [9.17, 15) is 14.0 Å². The minimum Gasteiger partial charge on any atom is -0.495 e. The zero-order chi connectivity index (χ0) is 27.5. The Balaban J connectivity index is 1.40. The van der Waals surface area contributed by atoms with Crippen LogP contribution >= 0.6 is 0 Å². The molecule has 0 aromatic heterocycles. The van der Waals surface area contributed by atoms with E-state index in [1.807, 2.05) is 36.4 Å². The van der Waals surface area contributed by atoms with Crippen molar-refractivity contribution < 1.29 is 23.5 Å². The lowest BCUT2D eigenvalue weighted by Crippen LogP contribution is -2.38. The number of hydrogen-bond acceptors (Lipinski definition) is 4. The van der Waals surface area contributed by atoms with Crippen LogP contribution in [0.4, 0.5) is 31.0 Å². The molecule has 4 aromatic carbocycles. The molecule has 0 aliphatic carbocycles. The number of para-hydroxylation sites is 4. The molecule has 0 heterocycles. The summed E-state index contributed by atoms with van der Waals surface area (Å²) >= 11 is 0. The fourth-order valence-electron chi connectivity index (χ4n) is 3.77. The zero-order valence-electron chi connectivity index (χ0n) is 21.4. The topological polar surface area (TPSA) is 91.9 Å². The first-order valence-corrected chi connectivity index (χ1v) is 12.4. The standard InChI is InChI=1S/C30H29FN4O4/c1-38-28-15-8-7-14-27(28)33-29(36)32-20-9-21-35(30(37)34-26-13-6-5-12-25(26)31)22-16-18-24(19-17-22)39-23-10-3-2-4-11-23/h2-8,10-19H,9,20-21H2,1H3,(H,34,37)(H2,32,33,36). The Hall–Kier alpha value is -5.05. The molecule has 4 rings (SSSR count). The number of ether oxygens (including phenoxy) is 2. The number of hydrogen-bond donors (Lipinski definition) is 3. The summed E-state index contributed by atoms with van der Waals surface area (Å²) in [5.74, 6) is 1.31. The lowest BCUT2D eigenvalue weighted by Gasteiger charge is -2.24. The first-order valence-electron chi connectivity index (χ1n) is 12.4. The van der Waals surface area contributed by atoms with Crippen molar-refractivity contribution in [2.24, 2.45) is 0 Å². The SMILES string of the molecule is COc1ccccc1NC(=O)NCCCN(C(=O)Nc1ccccc1F)c1ccc(Oc2ccccc2)cc1. The highest BCUT2D eigenvalue weighted by atomic mass is 19.1. The largest absolute Gasteiger partial charge is 0.495 e. The molecule has 0 atom stereocenters. The summed E-state index contributed by atoms with van der Waals surface area (Å²) in [6.07, 6.45) is 0.437. The number of urea groups is 2. The van der Waals surface area contributed by atoms with Crippen molar-refractivity contribution in [3.8, 4) is 17.2 Å². The predicted octanol–water partition coefficient (Wildman–Crippen LogP) is 6.88. The average molecular weight is 529 g/mol. The Morgan fingerprint density at radius 2 is 1.41 bits per heavy atom. The van der Waals surface area contributed by atoms with E-state index in [1.165, 1.54) is 24.1 Å². The summed E-state index contributed by atoms with van der Waals surface area (Å²) in [4.78, 5) is 27.0. The van der Waals surface area contributed by atoms with Gasteiger partial charge < -0.3 is 25.4 Å². The first-order chi connectivity index (χ1) is 19.0. The fraction of sp³-hybridized carbons (Fsp3) is 0.133. The van der Waals surface area contributed by atoms with E-state index in [-0.39, 0.29) is 12.2 Å². The van der Waals surface area contributed by atoms with Gasteiger partial charge in [-0.25, -0.2) is 14.0 Å². The van der Waals surface area contributed by atoms with Gasteiger partial charge in [0, 0.05) is 18.8 Å². The van der Waals surface area contributed by atoms with Gasteiger partial charge in [0.2, 0.25) is 0 Å². The second-order valence-electron chi connectivity index (χ2n) is 8.41. The molecule has 4 amide bonds. The Kier molecular flexibility index (Phi) is 9.33. The molecular formula is C30H29FN4O4. The van der Waals surface area contributed by atoms with Gasteiger partial charge in [-0.05, 0) is 67.1 Å². The minimum absolute atomic E-state index is 0.0749. The molecule has 4 aromatic rings. The third-order valence-electron chi connectivity index (χ3n) is 5.69. The smallest absolute Gasteiger partial charge is 0.326 e. The number of amides is 4. The summed E-state index contributed by atoms with van der Waals surface area (Å²) in [5.41, 5.74) is 1.20. The molecule has 0 aliphatic heterocycles. The molecule has 0 bridgehead atoms. The number of benzene rings is 4. The van der Waals surface area contributed by atoms with Crippen molar-refractivity contribution >= 4 is 29.1 Å². The number of nitrogens with one attached hydrogen (secondary N) is 3. The van der Waals surface area contributed by atoms with Crippen LogP contribution in [-0.2, 0) is 0 Å². The molecule has 0 radical (unpaired) electrons. The number of carbonyl (C=O) groups is 2. The number of methoxy groups -OCH3 is 1. The van der Waals surface area contributed by atoms with E-state index in [0.29, 0.717) is 41.6 Å². The van der Waals surface area contributed by atoms with Gasteiger partial charge in [0.25, 0.3) is 0 Å². The fourth-order valence-corrected chi connectivity index (χ4v) is 3.77. The molecular weight excluding hydrogens is 499 g/mol. The van der Waals surface area contributed by atoms with Crippen molar-refractivity contribution in [3.05, 3.63) is 109 Å². The van der Waals surface area contributed by atoms with E-state index < -0.39 is 17.9 Å². The third kappa shape index (κ3) is 7.72. The number of nitrogens with zero attached hydrogens (tertiary/aromatic N) is 1. The van der Waals surface area contributed by atoms with Gasteiger partial charge >= 0.3 is 12.1 Å². The minimum atomic E-state index is -0.535. The molecule has 9 heteroatoms. The summed E-state index contributed by atoms with van der Waals surface area (Å²) in [7, 11) is 1.53. The maximum atomic E-state index is 14.2. The molecule has 0 saturated heterocycles. The van der Waals surface area contributed by atoms with Gasteiger partial charge in [0.1, 0.15) is 23.1 Å².